The Morgan fingerprint density at radius 3 is 2.32 bits per heavy atom. The largest absolute Gasteiger partial charge is 0.493 e. The minimum atomic E-state index is 0.608. The number of pyridine rings is 1. The summed E-state index contributed by atoms with van der Waals surface area (Å²) in [6, 6.07) is 14.1. The van der Waals surface area contributed by atoms with Crippen molar-refractivity contribution < 1.29 is 14.2 Å². The van der Waals surface area contributed by atoms with Gasteiger partial charge in [0, 0.05) is 30.2 Å². The Morgan fingerprint density at radius 1 is 0.800 bits per heavy atom. The fraction of sp³-hybridized carbons (Fsp3) is 0.250. The molecular weight excluding hydrogens is 316 g/mol. The van der Waals surface area contributed by atoms with Gasteiger partial charge in [0.25, 0.3) is 0 Å². The zero-order valence-corrected chi connectivity index (χ0v) is 14.7. The third kappa shape index (κ3) is 3.51. The molecule has 0 atom stereocenters. The van der Waals surface area contributed by atoms with Gasteiger partial charge in [-0.3, -0.25) is 4.98 Å². The highest BCUT2D eigenvalue weighted by molar-refractivity contribution is 5.81. The first-order valence-corrected chi connectivity index (χ1v) is 8.09. The van der Waals surface area contributed by atoms with Gasteiger partial charge in [-0.05, 0) is 17.7 Å². The van der Waals surface area contributed by atoms with Gasteiger partial charge in [0.2, 0.25) is 5.75 Å². The Hall–Kier alpha value is -2.79. The number of fused-ring (bicyclic) bond motifs is 1. The smallest absolute Gasteiger partial charge is 0.203 e. The lowest BCUT2D eigenvalue weighted by molar-refractivity contribution is 0.321. The second kappa shape index (κ2) is 7.85. The van der Waals surface area contributed by atoms with Crippen molar-refractivity contribution in [1.29, 1.82) is 0 Å². The van der Waals surface area contributed by atoms with Gasteiger partial charge < -0.3 is 19.5 Å². The van der Waals surface area contributed by atoms with Crippen LogP contribution in [0.3, 0.4) is 0 Å². The molecule has 0 amide bonds. The second-order valence-electron chi connectivity index (χ2n) is 5.59. The minimum absolute atomic E-state index is 0.608. The molecule has 0 spiro atoms. The molecule has 0 unspecified atom stereocenters. The molecule has 1 heterocycles. The van der Waals surface area contributed by atoms with E-state index in [1.54, 1.807) is 21.3 Å². The fourth-order valence-electron chi connectivity index (χ4n) is 2.94. The number of hydrogen-bond donors (Lipinski definition) is 1. The number of nitrogens with zero attached hydrogens (tertiary/aromatic N) is 1. The van der Waals surface area contributed by atoms with Crippen molar-refractivity contribution in [2.75, 3.05) is 21.3 Å². The summed E-state index contributed by atoms with van der Waals surface area (Å²) in [5.41, 5.74) is 3.20. The van der Waals surface area contributed by atoms with E-state index < -0.39 is 0 Å². The van der Waals surface area contributed by atoms with Crippen LogP contribution in [-0.2, 0) is 13.1 Å². The van der Waals surface area contributed by atoms with Gasteiger partial charge in [0.1, 0.15) is 0 Å². The van der Waals surface area contributed by atoms with Crippen molar-refractivity contribution >= 4 is 10.9 Å². The van der Waals surface area contributed by atoms with E-state index in [9.17, 15) is 0 Å². The normalized spacial score (nSPS) is 10.7. The van der Waals surface area contributed by atoms with E-state index in [1.807, 2.05) is 24.4 Å². The molecule has 3 aromatic rings. The molecule has 5 nitrogen and oxygen atoms in total. The Kier molecular flexibility index (Phi) is 5.36. The van der Waals surface area contributed by atoms with Crippen LogP contribution in [0.2, 0.25) is 0 Å². The molecule has 0 aliphatic heterocycles. The maximum atomic E-state index is 5.53. The average molecular weight is 338 g/mol. The van der Waals surface area contributed by atoms with Crippen LogP contribution in [-0.4, -0.2) is 26.3 Å². The number of hydrogen-bond acceptors (Lipinski definition) is 5. The second-order valence-corrected chi connectivity index (χ2v) is 5.59. The molecule has 0 aliphatic carbocycles. The van der Waals surface area contributed by atoms with Crippen molar-refractivity contribution in [3.8, 4) is 17.2 Å². The molecule has 0 fully saturated rings. The molecule has 1 N–H and O–H groups in total. The molecule has 0 aliphatic rings. The molecule has 1 aromatic heterocycles. The molecule has 0 saturated carbocycles. The van der Waals surface area contributed by atoms with Crippen molar-refractivity contribution in [2.24, 2.45) is 0 Å². The number of benzene rings is 2. The quantitative estimate of drug-likeness (QED) is 0.714. The summed E-state index contributed by atoms with van der Waals surface area (Å²) in [4.78, 5) is 4.49. The SMILES string of the molecule is COc1ccc(CNCc2cccc3cccnc23)c(OC)c1OC. The molecular formula is C20H22N2O3. The monoisotopic (exact) mass is 338 g/mol. The Balaban J connectivity index is 1.78. The molecule has 0 radical (unpaired) electrons. The standard InChI is InChI=1S/C20H22N2O3/c1-23-17-10-9-16(19(24-2)20(17)25-3)13-21-12-15-7-4-6-14-8-5-11-22-18(14)15/h4-11,21H,12-13H2,1-3H3. The first-order chi connectivity index (χ1) is 12.3. The van der Waals surface area contributed by atoms with Crippen LogP contribution in [0.1, 0.15) is 11.1 Å². The van der Waals surface area contributed by atoms with Gasteiger partial charge in [-0.2, -0.15) is 0 Å². The third-order valence-electron chi connectivity index (χ3n) is 4.13. The Morgan fingerprint density at radius 2 is 1.56 bits per heavy atom. The zero-order chi connectivity index (χ0) is 17.6. The minimum Gasteiger partial charge on any atom is -0.493 e. The van der Waals surface area contributed by atoms with E-state index in [0.29, 0.717) is 30.3 Å². The molecule has 2 aromatic carbocycles. The highest BCUT2D eigenvalue weighted by Gasteiger charge is 2.15. The van der Waals surface area contributed by atoms with Crippen LogP contribution in [0.25, 0.3) is 10.9 Å². The maximum Gasteiger partial charge on any atom is 0.203 e. The van der Waals surface area contributed by atoms with Crippen molar-refractivity contribution in [3.05, 3.63) is 59.8 Å². The molecule has 0 bridgehead atoms. The first-order valence-electron chi connectivity index (χ1n) is 8.09. The van der Waals surface area contributed by atoms with E-state index in [1.165, 1.54) is 0 Å². The van der Waals surface area contributed by atoms with E-state index in [0.717, 1.165) is 22.0 Å². The zero-order valence-electron chi connectivity index (χ0n) is 14.7. The maximum absolute atomic E-state index is 5.53. The summed E-state index contributed by atoms with van der Waals surface area (Å²) >= 11 is 0. The fourth-order valence-corrected chi connectivity index (χ4v) is 2.94. The number of ether oxygens (including phenoxy) is 3. The lowest BCUT2D eigenvalue weighted by atomic mass is 10.1. The van der Waals surface area contributed by atoms with Gasteiger partial charge >= 0.3 is 0 Å². The van der Waals surface area contributed by atoms with Gasteiger partial charge in [-0.1, -0.05) is 30.3 Å². The van der Waals surface area contributed by atoms with Crippen molar-refractivity contribution in [1.82, 2.24) is 10.3 Å². The molecule has 130 valence electrons. The number of methoxy groups -OCH3 is 3. The summed E-state index contributed by atoms with van der Waals surface area (Å²) in [5.74, 6) is 1.95. The van der Waals surface area contributed by atoms with E-state index in [4.69, 9.17) is 14.2 Å². The molecule has 0 saturated heterocycles. The lowest BCUT2D eigenvalue weighted by Crippen LogP contribution is -2.14. The number of para-hydroxylation sites is 1. The van der Waals surface area contributed by atoms with Gasteiger partial charge in [0.15, 0.2) is 11.5 Å². The highest BCUT2D eigenvalue weighted by Crippen LogP contribution is 2.39. The van der Waals surface area contributed by atoms with Crippen LogP contribution in [0.15, 0.2) is 48.7 Å². The molecule has 25 heavy (non-hydrogen) atoms. The summed E-state index contributed by atoms with van der Waals surface area (Å²) in [6.07, 6.45) is 1.82. The summed E-state index contributed by atoms with van der Waals surface area (Å²) in [6.45, 7) is 1.36. The van der Waals surface area contributed by atoms with Crippen LogP contribution < -0.4 is 19.5 Å². The van der Waals surface area contributed by atoms with Gasteiger partial charge in [-0.25, -0.2) is 0 Å². The molecule has 3 rings (SSSR count). The van der Waals surface area contributed by atoms with Crippen LogP contribution in [0, 0.1) is 0 Å². The highest BCUT2D eigenvalue weighted by atomic mass is 16.5. The average Bonchev–Trinajstić information content (AvgIpc) is 2.67. The predicted octanol–water partition coefficient (Wildman–Crippen LogP) is 3.55. The Bertz CT molecular complexity index is 859. The van der Waals surface area contributed by atoms with Crippen LogP contribution in [0.5, 0.6) is 17.2 Å². The molecule has 5 heteroatoms. The van der Waals surface area contributed by atoms with E-state index in [2.05, 4.69) is 34.6 Å². The van der Waals surface area contributed by atoms with E-state index in [-0.39, 0.29) is 0 Å². The summed E-state index contributed by atoms with van der Waals surface area (Å²) in [5, 5.41) is 4.60. The lowest BCUT2D eigenvalue weighted by Gasteiger charge is -2.16. The van der Waals surface area contributed by atoms with Crippen molar-refractivity contribution in [2.45, 2.75) is 13.1 Å². The first kappa shape index (κ1) is 17.0. The van der Waals surface area contributed by atoms with Gasteiger partial charge in [-0.15, -0.1) is 0 Å². The van der Waals surface area contributed by atoms with Gasteiger partial charge in [0.05, 0.1) is 26.8 Å². The third-order valence-corrected chi connectivity index (χ3v) is 4.13. The van der Waals surface area contributed by atoms with Crippen LogP contribution >= 0.6 is 0 Å². The Labute approximate surface area is 147 Å². The topological polar surface area (TPSA) is 52.6 Å². The van der Waals surface area contributed by atoms with E-state index >= 15 is 0 Å². The van der Waals surface area contributed by atoms with Crippen LogP contribution in [0.4, 0.5) is 0 Å². The summed E-state index contributed by atoms with van der Waals surface area (Å²) in [7, 11) is 4.86. The predicted molar refractivity (Wildman–Crippen MR) is 98.4 cm³/mol. The summed E-state index contributed by atoms with van der Waals surface area (Å²) < 4.78 is 16.3. The van der Waals surface area contributed by atoms with Crippen molar-refractivity contribution in [3.63, 3.8) is 0 Å². The number of aromatic nitrogens is 1. The number of nitrogens with one attached hydrogen (secondary N) is 1. The number of rotatable bonds is 7.